The largest absolute Gasteiger partial charge is 0.490 e. The molecular formula is C13H14OS. The molecule has 1 aromatic heterocycles. The summed E-state index contributed by atoms with van der Waals surface area (Å²) >= 11 is 1.78. The second-order valence-corrected chi connectivity index (χ2v) is 4.76. The summed E-state index contributed by atoms with van der Waals surface area (Å²) in [7, 11) is 0. The Bertz CT molecular complexity index is 451. The molecule has 1 nitrogen and oxygen atoms in total. The minimum absolute atomic E-state index is 0.0971. The molecule has 2 aromatic rings. The molecule has 0 aliphatic heterocycles. The molecule has 0 saturated carbocycles. The van der Waals surface area contributed by atoms with Crippen LogP contribution in [0.1, 0.15) is 24.8 Å². The van der Waals surface area contributed by atoms with Gasteiger partial charge in [0.2, 0.25) is 0 Å². The minimum atomic E-state index is 0.0971. The van der Waals surface area contributed by atoms with Crippen LogP contribution < -0.4 is 0 Å². The summed E-state index contributed by atoms with van der Waals surface area (Å²) in [4.78, 5) is 1.25. The van der Waals surface area contributed by atoms with Crippen molar-refractivity contribution < 1.29 is 4.74 Å². The molecular weight excluding hydrogens is 204 g/mol. The van der Waals surface area contributed by atoms with Gasteiger partial charge in [0.15, 0.2) is 0 Å². The Morgan fingerprint density at radius 1 is 1.40 bits per heavy atom. The first kappa shape index (κ1) is 10.2. The van der Waals surface area contributed by atoms with E-state index in [0.717, 1.165) is 5.76 Å². The Morgan fingerprint density at radius 3 is 2.80 bits per heavy atom. The summed E-state index contributed by atoms with van der Waals surface area (Å²) in [5.74, 6) is 0.764. The van der Waals surface area contributed by atoms with Crippen LogP contribution in [-0.2, 0) is 4.74 Å². The summed E-state index contributed by atoms with van der Waals surface area (Å²) < 4.78 is 6.89. The Hall–Kier alpha value is -1.28. The maximum Gasteiger partial charge on any atom is 0.130 e. The zero-order valence-corrected chi connectivity index (χ0v) is 9.80. The van der Waals surface area contributed by atoms with Crippen molar-refractivity contribution >= 4 is 21.4 Å². The zero-order valence-electron chi connectivity index (χ0n) is 8.99. The highest BCUT2D eigenvalue weighted by Crippen LogP contribution is 2.31. The molecule has 1 aromatic carbocycles. The van der Waals surface area contributed by atoms with Crippen molar-refractivity contribution in [1.29, 1.82) is 0 Å². The lowest BCUT2D eigenvalue weighted by Gasteiger charge is -2.11. The molecule has 0 amide bonds. The van der Waals surface area contributed by atoms with Crippen LogP contribution in [0.15, 0.2) is 42.7 Å². The summed E-state index contributed by atoms with van der Waals surface area (Å²) in [6.07, 6.45) is 0.0971. The summed E-state index contributed by atoms with van der Waals surface area (Å²) in [6, 6.07) is 10.6. The van der Waals surface area contributed by atoms with E-state index in [1.54, 1.807) is 11.3 Å². The standard InChI is InChI=1S/C13H14OS/c1-9(2)14-10(3)13-8-11-6-4-5-7-12(11)15-13/h4-8,10H,1H2,2-3H3. The fourth-order valence-corrected chi connectivity index (χ4v) is 2.61. The second kappa shape index (κ2) is 4.07. The van der Waals surface area contributed by atoms with Gasteiger partial charge in [0, 0.05) is 9.58 Å². The van der Waals surface area contributed by atoms with Crippen LogP contribution in [0, 0.1) is 0 Å². The lowest BCUT2D eigenvalue weighted by Crippen LogP contribution is -1.94. The van der Waals surface area contributed by atoms with E-state index in [2.05, 4.69) is 43.8 Å². The Balaban J connectivity index is 2.32. The van der Waals surface area contributed by atoms with Crippen molar-refractivity contribution in [3.05, 3.63) is 47.5 Å². The number of ether oxygens (including phenoxy) is 1. The third-order valence-corrected chi connectivity index (χ3v) is 3.50. The van der Waals surface area contributed by atoms with Gasteiger partial charge in [0.1, 0.15) is 6.10 Å². The lowest BCUT2D eigenvalue weighted by molar-refractivity contribution is 0.139. The van der Waals surface area contributed by atoms with Crippen LogP contribution >= 0.6 is 11.3 Å². The highest BCUT2D eigenvalue weighted by molar-refractivity contribution is 7.19. The molecule has 1 unspecified atom stereocenters. The van der Waals surface area contributed by atoms with Gasteiger partial charge in [-0.05, 0) is 31.4 Å². The van der Waals surface area contributed by atoms with Crippen LogP contribution in [0.25, 0.3) is 10.1 Å². The van der Waals surface area contributed by atoms with Gasteiger partial charge in [-0.3, -0.25) is 0 Å². The van der Waals surface area contributed by atoms with Gasteiger partial charge in [-0.1, -0.05) is 24.8 Å². The third kappa shape index (κ3) is 2.21. The number of rotatable bonds is 3. The average molecular weight is 218 g/mol. The molecule has 0 radical (unpaired) electrons. The second-order valence-electron chi connectivity index (χ2n) is 3.65. The van der Waals surface area contributed by atoms with Crippen molar-refractivity contribution in [2.24, 2.45) is 0 Å². The van der Waals surface area contributed by atoms with Crippen molar-refractivity contribution in [1.82, 2.24) is 0 Å². The highest BCUT2D eigenvalue weighted by atomic mass is 32.1. The van der Waals surface area contributed by atoms with E-state index in [4.69, 9.17) is 4.74 Å². The molecule has 0 fully saturated rings. The Morgan fingerprint density at radius 2 is 2.13 bits per heavy atom. The molecule has 78 valence electrons. The van der Waals surface area contributed by atoms with Crippen LogP contribution in [0.5, 0.6) is 0 Å². The predicted octanol–water partition coefficient (Wildman–Crippen LogP) is 4.51. The number of allylic oxidation sites excluding steroid dienone is 1. The SMILES string of the molecule is C=C(C)OC(C)c1cc2ccccc2s1. The number of hydrogen-bond acceptors (Lipinski definition) is 2. The fraction of sp³-hybridized carbons (Fsp3) is 0.231. The molecule has 0 N–H and O–H groups in total. The summed E-state index contributed by atoms with van der Waals surface area (Å²) in [5, 5.41) is 1.29. The predicted molar refractivity (Wildman–Crippen MR) is 66.1 cm³/mol. The Kier molecular flexibility index (Phi) is 2.78. The van der Waals surface area contributed by atoms with E-state index < -0.39 is 0 Å². The smallest absolute Gasteiger partial charge is 0.130 e. The van der Waals surface area contributed by atoms with E-state index in [1.165, 1.54) is 15.0 Å². The van der Waals surface area contributed by atoms with Crippen molar-refractivity contribution in [3.8, 4) is 0 Å². The Labute approximate surface area is 94.0 Å². The van der Waals surface area contributed by atoms with Crippen LogP contribution in [-0.4, -0.2) is 0 Å². The summed E-state index contributed by atoms with van der Waals surface area (Å²) in [6.45, 7) is 7.69. The maximum absolute atomic E-state index is 5.58. The first-order valence-electron chi connectivity index (χ1n) is 4.97. The van der Waals surface area contributed by atoms with Crippen molar-refractivity contribution in [2.75, 3.05) is 0 Å². The van der Waals surface area contributed by atoms with Gasteiger partial charge in [-0.2, -0.15) is 0 Å². The van der Waals surface area contributed by atoms with Crippen molar-refractivity contribution in [2.45, 2.75) is 20.0 Å². The number of hydrogen-bond donors (Lipinski definition) is 0. The summed E-state index contributed by atoms with van der Waals surface area (Å²) in [5.41, 5.74) is 0. The number of fused-ring (bicyclic) bond motifs is 1. The minimum Gasteiger partial charge on any atom is -0.490 e. The van der Waals surface area contributed by atoms with Crippen LogP contribution in [0.2, 0.25) is 0 Å². The topological polar surface area (TPSA) is 9.23 Å². The monoisotopic (exact) mass is 218 g/mol. The van der Waals surface area contributed by atoms with Crippen LogP contribution in [0.4, 0.5) is 0 Å². The van der Waals surface area contributed by atoms with Gasteiger partial charge in [0.05, 0.1) is 5.76 Å². The molecule has 0 bridgehead atoms. The van der Waals surface area contributed by atoms with Crippen molar-refractivity contribution in [3.63, 3.8) is 0 Å². The average Bonchev–Trinajstić information content (AvgIpc) is 2.59. The number of benzene rings is 1. The number of thiophene rings is 1. The van der Waals surface area contributed by atoms with Gasteiger partial charge in [-0.15, -0.1) is 11.3 Å². The molecule has 0 saturated heterocycles. The van der Waals surface area contributed by atoms with Gasteiger partial charge in [0.25, 0.3) is 0 Å². The molecule has 0 aliphatic rings. The third-order valence-electron chi connectivity index (χ3n) is 2.22. The molecule has 2 heteroatoms. The van der Waals surface area contributed by atoms with Gasteiger partial charge in [-0.25, -0.2) is 0 Å². The molecule has 1 heterocycles. The van der Waals surface area contributed by atoms with E-state index in [1.807, 2.05) is 6.92 Å². The molecule has 0 spiro atoms. The van der Waals surface area contributed by atoms with E-state index >= 15 is 0 Å². The highest BCUT2D eigenvalue weighted by Gasteiger charge is 2.09. The first-order valence-corrected chi connectivity index (χ1v) is 5.79. The van der Waals surface area contributed by atoms with E-state index in [0.29, 0.717) is 0 Å². The lowest BCUT2D eigenvalue weighted by atomic mass is 10.2. The molecule has 15 heavy (non-hydrogen) atoms. The van der Waals surface area contributed by atoms with Crippen LogP contribution in [0.3, 0.4) is 0 Å². The van der Waals surface area contributed by atoms with E-state index in [-0.39, 0.29) is 6.10 Å². The van der Waals surface area contributed by atoms with Gasteiger partial charge < -0.3 is 4.74 Å². The normalized spacial score (nSPS) is 12.7. The molecule has 1 atom stereocenters. The molecule has 2 rings (SSSR count). The first-order chi connectivity index (χ1) is 7.16. The fourth-order valence-electron chi connectivity index (χ4n) is 1.56. The van der Waals surface area contributed by atoms with Gasteiger partial charge >= 0.3 is 0 Å². The molecule has 0 aliphatic carbocycles. The zero-order chi connectivity index (χ0) is 10.8. The quantitative estimate of drug-likeness (QED) is 0.689. The van der Waals surface area contributed by atoms with E-state index in [9.17, 15) is 0 Å². The maximum atomic E-state index is 5.58.